The van der Waals surface area contributed by atoms with E-state index in [1.165, 1.54) is 0 Å². The van der Waals surface area contributed by atoms with Crippen LogP contribution in [0.15, 0.2) is 48.7 Å². The van der Waals surface area contributed by atoms with Crippen molar-refractivity contribution < 1.29 is 0 Å². The van der Waals surface area contributed by atoms with Gasteiger partial charge in [-0.3, -0.25) is 9.97 Å². The maximum absolute atomic E-state index is 5.91. The Balaban J connectivity index is 2.04. The second-order valence-electron chi connectivity index (χ2n) is 5.03. The Morgan fingerprint density at radius 3 is 2.67 bits per heavy atom. The molecule has 21 heavy (non-hydrogen) atoms. The molecule has 3 nitrogen and oxygen atoms in total. The fourth-order valence-corrected chi connectivity index (χ4v) is 2.58. The van der Waals surface area contributed by atoms with Gasteiger partial charge in [-0.25, -0.2) is 0 Å². The zero-order valence-corrected chi connectivity index (χ0v) is 12.7. The highest BCUT2D eigenvalue weighted by atomic mass is 35.5. The van der Waals surface area contributed by atoms with E-state index in [-0.39, 0.29) is 6.04 Å². The van der Waals surface area contributed by atoms with Crippen LogP contribution in [0.25, 0.3) is 10.9 Å². The van der Waals surface area contributed by atoms with E-state index in [0.717, 1.165) is 27.9 Å². The Morgan fingerprint density at radius 2 is 1.95 bits per heavy atom. The van der Waals surface area contributed by atoms with Gasteiger partial charge in [-0.2, -0.15) is 0 Å². The standard InChI is InChI=1S/C17H16ClN3/c1-11-3-4-12-9-13(5-7-15(12)21-11)17(19-2)16-8-6-14(18)10-20-16/h3-10,17,19H,1-2H3. The lowest BCUT2D eigenvalue weighted by Crippen LogP contribution is -2.18. The van der Waals surface area contributed by atoms with Crippen LogP contribution in [-0.4, -0.2) is 17.0 Å². The maximum Gasteiger partial charge on any atom is 0.0749 e. The number of nitrogens with zero attached hydrogens (tertiary/aromatic N) is 2. The van der Waals surface area contributed by atoms with Crippen LogP contribution in [0, 0.1) is 6.92 Å². The summed E-state index contributed by atoms with van der Waals surface area (Å²) in [6.45, 7) is 2.00. The molecule has 0 fully saturated rings. The SMILES string of the molecule is CNC(c1ccc2nc(C)ccc2c1)c1ccc(Cl)cn1. The maximum atomic E-state index is 5.91. The molecule has 0 aliphatic carbocycles. The number of rotatable bonds is 3. The van der Waals surface area contributed by atoms with Gasteiger partial charge in [0.25, 0.3) is 0 Å². The van der Waals surface area contributed by atoms with Crippen molar-refractivity contribution in [1.29, 1.82) is 0 Å². The molecule has 0 saturated carbocycles. The third-order valence-electron chi connectivity index (χ3n) is 3.52. The first-order chi connectivity index (χ1) is 10.2. The first-order valence-corrected chi connectivity index (χ1v) is 7.21. The van der Waals surface area contributed by atoms with E-state index in [2.05, 4.69) is 39.6 Å². The molecule has 2 aromatic heterocycles. The van der Waals surface area contributed by atoms with Crippen molar-refractivity contribution in [2.24, 2.45) is 0 Å². The van der Waals surface area contributed by atoms with Gasteiger partial charge < -0.3 is 5.32 Å². The zero-order valence-electron chi connectivity index (χ0n) is 12.0. The van der Waals surface area contributed by atoms with E-state index < -0.39 is 0 Å². The molecule has 0 saturated heterocycles. The molecule has 1 atom stereocenters. The molecule has 1 N–H and O–H groups in total. The number of aromatic nitrogens is 2. The summed E-state index contributed by atoms with van der Waals surface area (Å²) in [6, 6.07) is 14.3. The van der Waals surface area contributed by atoms with Crippen LogP contribution in [0.1, 0.15) is 23.0 Å². The topological polar surface area (TPSA) is 37.8 Å². The minimum absolute atomic E-state index is 0.0352. The van der Waals surface area contributed by atoms with E-state index in [9.17, 15) is 0 Å². The van der Waals surface area contributed by atoms with E-state index >= 15 is 0 Å². The molecule has 0 amide bonds. The van der Waals surface area contributed by atoms with Gasteiger partial charge in [-0.15, -0.1) is 0 Å². The monoisotopic (exact) mass is 297 g/mol. The summed E-state index contributed by atoms with van der Waals surface area (Å²) in [5, 5.41) is 5.08. The van der Waals surface area contributed by atoms with Gasteiger partial charge in [-0.05, 0) is 49.9 Å². The van der Waals surface area contributed by atoms with Crippen LogP contribution in [0.4, 0.5) is 0 Å². The van der Waals surface area contributed by atoms with Gasteiger partial charge >= 0.3 is 0 Å². The molecule has 0 aliphatic rings. The lowest BCUT2D eigenvalue weighted by Gasteiger charge is -2.16. The fourth-order valence-electron chi connectivity index (χ4n) is 2.47. The molecule has 1 unspecified atom stereocenters. The second-order valence-corrected chi connectivity index (χ2v) is 5.46. The van der Waals surface area contributed by atoms with Crippen molar-refractivity contribution in [2.75, 3.05) is 7.05 Å². The summed E-state index contributed by atoms with van der Waals surface area (Å²) in [5.41, 5.74) is 4.14. The smallest absolute Gasteiger partial charge is 0.0749 e. The van der Waals surface area contributed by atoms with Crippen LogP contribution in [0.2, 0.25) is 5.02 Å². The van der Waals surface area contributed by atoms with Gasteiger partial charge in [0.15, 0.2) is 0 Å². The zero-order chi connectivity index (χ0) is 14.8. The van der Waals surface area contributed by atoms with Crippen molar-refractivity contribution in [2.45, 2.75) is 13.0 Å². The molecule has 3 aromatic rings. The Kier molecular flexibility index (Phi) is 3.86. The number of benzene rings is 1. The molecule has 106 valence electrons. The minimum Gasteiger partial charge on any atom is -0.308 e. The Labute approximate surface area is 129 Å². The van der Waals surface area contributed by atoms with Crippen LogP contribution in [0.5, 0.6) is 0 Å². The fraction of sp³-hybridized carbons (Fsp3) is 0.176. The Hall–Kier alpha value is -1.97. The number of hydrogen-bond acceptors (Lipinski definition) is 3. The molecule has 0 aliphatic heterocycles. The molecule has 4 heteroatoms. The molecule has 0 radical (unpaired) electrons. The number of fused-ring (bicyclic) bond motifs is 1. The molecule has 1 aromatic carbocycles. The average Bonchev–Trinajstić information content (AvgIpc) is 2.50. The second kappa shape index (κ2) is 5.80. The number of hydrogen-bond donors (Lipinski definition) is 1. The molecule has 0 spiro atoms. The van der Waals surface area contributed by atoms with Crippen LogP contribution in [-0.2, 0) is 0 Å². The number of aryl methyl sites for hydroxylation is 1. The highest BCUT2D eigenvalue weighted by molar-refractivity contribution is 6.30. The van der Waals surface area contributed by atoms with Gasteiger partial charge in [0.05, 0.1) is 22.3 Å². The Morgan fingerprint density at radius 1 is 1.10 bits per heavy atom. The summed E-state index contributed by atoms with van der Waals surface area (Å²) in [6.07, 6.45) is 1.67. The first kappa shape index (κ1) is 14.0. The Bertz CT molecular complexity index is 769. The van der Waals surface area contributed by atoms with Crippen LogP contribution in [0.3, 0.4) is 0 Å². The van der Waals surface area contributed by atoms with Gasteiger partial charge in [0.1, 0.15) is 0 Å². The quantitative estimate of drug-likeness (QED) is 0.797. The number of nitrogens with one attached hydrogen (secondary N) is 1. The third kappa shape index (κ3) is 2.89. The highest BCUT2D eigenvalue weighted by Crippen LogP contribution is 2.24. The van der Waals surface area contributed by atoms with Gasteiger partial charge in [0.2, 0.25) is 0 Å². The largest absolute Gasteiger partial charge is 0.308 e. The van der Waals surface area contributed by atoms with E-state index in [4.69, 9.17) is 11.6 Å². The van der Waals surface area contributed by atoms with Crippen molar-refractivity contribution in [3.8, 4) is 0 Å². The predicted octanol–water partition coefficient (Wildman–Crippen LogP) is 3.90. The van der Waals surface area contributed by atoms with E-state index in [1.807, 2.05) is 32.2 Å². The summed E-state index contributed by atoms with van der Waals surface area (Å²) < 4.78 is 0. The summed E-state index contributed by atoms with van der Waals surface area (Å²) in [5.74, 6) is 0. The summed E-state index contributed by atoms with van der Waals surface area (Å²) in [4.78, 5) is 8.94. The number of halogens is 1. The molecular formula is C17H16ClN3. The van der Waals surface area contributed by atoms with E-state index in [0.29, 0.717) is 5.02 Å². The first-order valence-electron chi connectivity index (χ1n) is 6.83. The average molecular weight is 298 g/mol. The number of pyridine rings is 2. The summed E-state index contributed by atoms with van der Waals surface area (Å²) >= 11 is 5.91. The molecular weight excluding hydrogens is 282 g/mol. The molecule has 0 bridgehead atoms. The van der Waals surface area contributed by atoms with E-state index in [1.54, 1.807) is 6.20 Å². The van der Waals surface area contributed by atoms with Gasteiger partial charge in [-0.1, -0.05) is 23.7 Å². The molecule has 3 rings (SSSR count). The van der Waals surface area contributed by atoms with Crippen molar-refractivity contribution in [3.63, 3.8) is 0 Å². The van der Waals surface area contributed by atoms with Crippen molar-refractivity contribution in [1.82, 2.24) is 15.3 Å². The van der Waals surface area contributed by atoms with Gasteiger partial charge in [0, 0.05) is 17.3 Å². The third-order valence-corrected chi connectivity index (χ3v) is 3.74. The van der Waals surface area contributed by atoms with Crippen LogP contribution >= 0.6 is 11.6 Å². The normalized spacial score (nSPS) is 12.5. The van der Waals surface area contributed by atoms with Crippen molar-refractivity contribution in [3.05, 3.63) is 70.6 Å². The van der Waals surface area contributed by atoms with Crippen LogP contribution < -0.4 is 5.32 Å². The molecule has 2 heterocycles. The minimum atomic E-state index is 0.0352. The summed E-state index contributed by atoms with van der Waals surface area (Å²) in [7, 11) is 1.93. The lowest BCUT2D eigenvalue weighted by atomic mass is 10.0. The lowest BCUT2D eigenvalue weighted by molar-refractivity contribution is 0.672. The van der Waals surface area contributed by atoms with Crippen molar-refractivity contribution >= 4 is 22.5 Å². The predicted molar refractivity (Wildman–Crippen MR) is 86.6 cm³/mol. The highest BCUT2D eigenvalue weighted by Gasteiger charge is 2.13.